The third-order valence-corrected chi connectivity index (χ3v) is 5.59. The van der Waals surface area contributed by atoms with Gasteiger partial charge in [0.15, 0.2) is 11.9 Å². The molecule has 0 spiro atoms. The van der Waals surface area contributed by atoms with Gasteiger partial charge in [-0.1, -0.05) is 30.3 Å². The Morgan fingerprint density at radius 3 is 2.62 bits per heavy atom. The van der Waals surface area contributed by atoms with E-state index in [9.17, 15) is 9.59 Å². The summed E-state index contributed by atoms with van der Waals surface area (Å²) < 4.78 is 5.75. The summed E-state index contributed by atoms with van der Waals surface area (Å²) in [4.78, 5) is 26.3. The Morgan fingerprint density at radius 2 is 1.94 bits per heavy atom. The second-order valence-electron chi connectivity index (χ2n) is 8.95. The van der Waals surface area contributed by atoms with Gasteiger partial charge in [-0.2, -0.15) is 5.10 Å². The van der Waals surface area contributed by atoms with Crippen molar-refractivity contribution in [2.24, 2.45) is 5.10 Å². The molecule has 1 amide bonds. The van der Waals surface area contributed by atoms with Crippen molar-refractivity contribution in [3.63, 3.8) is 0 Å². The van der Waals surface area contributed by atoms with Gasteiger partial charge in [0.05, 0.1) is 0 Å². The van der Waals surface area contributed by atoms with Crippen molar-refractivity contribution in [3.8, 4) is 5.75 Å². The molecule has 3 rings (SSSR count). The zero-order valence-electron chi connectivity index (χ0n) is 20.4. The van der Waals surface area contributed by atoms with Gasteiger partial charge >= 0.3 is 0 Å². The molecular weight excluding hydrogens is 428 g/mol. The molecule has 0 unspecified atom stereocenters. The minimum atomic E-state index is -0.890. The van der Waals surface area contributed by atoms with Gasteiger partial charge in [-0.25, -0.2) is 0 Å². The maximum atomic E-state index is 12.8. The standard InChI is InChI=1S/C27H34N4O3/c1-20-16-22(11-13-25(20)34-27(2,3)19-32)18-29-26(33)24(30-28-4)12-10-21-8-7-9-23(17-21)31-14-5-6-15-31/h7-13,16-17,19,28H,5-6,14-15,18H2,1-4H3,(H,29,33)/b12-10+,30-24+. The van der Waals surface area contributed by atoms with Crippen LogP contribution in [-0.2, 0) is 16.1 Å². The Balaban J connectivity index is 1.63. The topological polar surface area (TPSA) is 83.0 Å². The molecule has 2 N–H and O–H groups in total. The van der Waals surface area contributed by atoms with Gasteiger partial charge in [-0.15, -0.1) is 0 Å². The van der Waals surface area contributed by atoms with Crippen molar-refractivity contribution in [2.45, 2.75) is 45.8 Å². The summed E-state index contributed by atoms with van der Waals surface area (Å²) in [5.41, 5.74) is 6.15. The highest BCUT2D eigenvalue weighted by atomic mass is 16.5. The quantitative estimate of drug-likeness (QED) is 0.318. The van der Waals surface area contributed by atoms with Gasteiger partial charge in [0.1, 0.15) is 11.5 Å². The molecule has 0 aromatic heterocycles. The summed E-state index contributed by atoms with van der Waals surface area (Å²) in [6.07, 6.45) is 6.86. The molecule has 1 aliphatic heterocycles. The number of hydrogen-bond acceptors (Lipinski definition) is 6. The average Bonchev–Trinajstić information content (AvgIpc) is 3.37. The lowest BCUT2D eigenvalue weighted by Crippen LogP contribution is -2.31. The van der Waals surface area contributed by atoms with Crippen molar-refractivity contribution in [2.75, 3.05) is 25.0 Å². The number of aldehydes is 1. The van der Waals surface area contributed by atoms with Crippen LogP contribution in [0.25, 0.3) is 6.08 Å². The number of aryl methyl sites for hydroxylation is 1. The summed E-state index contributed by atoms with van der Waals surface area (Å²) in [5.74, 6) is 0.366. The average molecular weight is 463 g/mol. The minimum absolute atomic E-state index is 0.277. The third-order valence-electron chi connectivity index (χ3n) is 5.59. The van der Waals surface area contributed by atoms with E-state index in [1.807, 2.05) is 43.3 Å². The fraction of sp³-hybridized carbons (Fsp3) is 0.370. The molecule has 7 heteroatoms. The Kier molecular flexibility index (Phi) is 8.46. The summed E-state index contributed by atoms with van der Waals surface area (Å²) in [6.45, 7) is 7.86. The molecule has 7 nitrogen and oxygen atoms in total. The molecule has 0 atom stereocenters. The Labute approximate surface area is 201 Å². The van der Waals surface area contributed by atoms with Crippen LogP contribution in [0.2, 0.25) is 0 Å². The second-order valence-corrected chi connectivity index (χ2v) is 8.95. The fourth-order valence-electron chi connectivity index (χ4n) is 3.78. The van der Waals surface area contributed by atoms with Crippen LogP contribution in [0, 0.1) is 6.92 Å². The molecule has 0 radical (unpaired) electrons. The lowest BCUT2D eigenvalue weighted by atomic mass is 10.1. The molecule has 1 fully saturated rings. The van der Waals surface area contributed by atoms with E-state index in [-0.39, 0.29) is 5.91 Å². The van der Waals surface area contributed by atoms with Crippen LogP contribution in [0.5, 0.6) is 5.75 Å². The van der Waals surface area contributed by atoms with Gasteiger partial charge in [0.25, 0.3) is 5.91 Å². The van der Waals surface area contributed by atoms with E-state index in [2.05, 4.69) is 32.9 Å². The number of hydrazone groups is 1. The number of carbonyl (C=O) groups excluding carboxylic acids is 2. The number of carbonyl (C=O) groups is 2. The van der Waals surface area contributed by atoms with E-state index >= 15 is 0 Å². The third kappa shape index (κ3) is 6.94. The molecule has 0 aliphatic carbocycles. The number of amides is 1. The smallest absolute Gasteiger partial charge is 0.271 e. The van der Waals surface area contributed by atoms with Gasteiger partial charge in [-0.05, 0) is 74.6 Å². The van der Waals surface area contributed by atoms with Gasteiger partial charge in [-0.3, -0.25) is 9.59 Å². The van der Waals surface area contributed by atoms with E-state index in [0.29, 0.717) is 18.0 Å². The first kappa shape index (κ1) is 25.0. The van der Waals surface area contributed by atoms with Crippen LogP contribution >= 0.6 is 0 Å². The maximum Gasteiger partial charge on any atom is 0.271 e. The molecule has 34 heavy (non-hydrogen) atoms. The number of rotatable bonds is 10. The van der Waals surface area contributed by atoms with E-state index in [4.69, 9.17) is 4.74 Å². The number of anilines is 1. The number of benzene rings is 2. The predicted molar refractivity (Wildman–Crippen MR) is 137 cm³/mol. The largest absolute Gasteiger partial charge is 0.480 e. The zero-order chi connectivity index (χ0) is 24.6. The van der Waals surface area contributed by atoms with Crippen LogP contribution in [0.3, 0.4) is 0 Å². The van der Waals surface area contributed by atoms with Crippen LogP contribution in [0.4, 0.5) is 5.69 Å². The Hall–Kier alpha value is -3.61. The summed E-state index contributed by atoms with van der Waals surface area (Å²) in [7, 11) is 1.66. The van der Waals surface area contributed by atoms with Crippen molar-refractivity contribution in [1.82, 2.24) is 10.7 Å². The summed E-state index contributed by atoms with van der Waals surface area (Å²) in [6, 6.07) is 13.9. The van der Waals surface area contributed by atoms with Crippen LogP contribution in [0.1, 0.15) is 43.4 Å². The molecule has 1 saturated heterocycles. The first-order chi connectivity index (χ1) is 16.3. The second kappa shape index (κ2) is 11.5. The van der Waals surface area contributed by atoms with Gasteiger partial charge in [0.2, 0.25) is 0 Å². The highest BCUT2D eigenvalue weighted by molar-refractivity contribution is 6.44. The molecule has 2 aromatic rings. The predicted octanol–water partition coefficient (Wildman–Crippen LogP) is 3.86. The Morgan fingerprint density at radius 1 is 1.18 bits per heavy atom. The van der Waals surface area contributed by atoms with Crippen LogP contribution in [-0.4, -0.2) is 43.6 Å². The lowest BCUT2D eigenvalue weighted by molar-refractivity contribution is -0.119. The fourth-order valence-corrected chi connectivity index (χ4v) is 3.78. The van der Waals surface area contributed by atoms with E-state index in [1.165, 1.54) is 18.5 Å². The monoisotopic (exact) mass is 462 g/mol. The highest BCUT2D eigenvalue weighted by Crippen LogP contribution is 2.23. The van der Waals surface area contributed by atoms with Crippen molar-refractivity contribution in [3.05, 3.63) is 65.2 Å². The summed E-state index contributed by atoms with van der Waals surface area (Å²) in [5, 5.41) is 7.05. The molecule has 1 heterocycles. The molecule has 0 saturated carbocycles. The lowest BCUT2D eigenvalue weighted by Gasteiger charge is -2.21. The van der Waals surface area contributed by atoms with E-state index in [0.717, 1.165) is 36.1 Å². The zero-order valence-corrected chi connectivity index (χ0v) is 20.4. The first-order valence-electron chi connectivity index (χ1n) is 11.6. The van der Waals surface area contributed by atoms with Crippen molar-refractivity contribution in [1.29, 1.82) is 0 Å². The number of nitrogens with one attached hydrogen (secondary N) is 2. The van der Waals surface area contributed by atoms with E-state index < -0.39 is 5.60 Å². The molecular formula is C27H34N4O3. The van der Waals surface area contributed by atoms with Crippen molar-refractivity contribution >= 4 is 29.7 Å². The SMILES string of the molecule is CN/N=C(\C=C\c1cccc(N2CCCC2)c1)C(=O)NCc1ccc(OC(C)(C)C=O)c(C)c1. The number of nitrogens with zero attached hydrogens (tertiary/aromatic N) is 2. The maximum absolute atomic E-state index is 12.8. The number of ether oxygens (including phenoxy) is 1. The molecule has 0 bridgehead atoms. The molecule has 2 aromatic carbocycles. The highest BCUT2D eigenvalue weighted by Gasteiger charge is 2.19. The minimum Gasteiger partial charge on any atom is -0.480 e. The van der Waals surface area contributed by atoms with Crippen molar-refractivity contribution < 1.29 is 14.3 Å². The van der Waals surface area contributed by atoms with Crippen LogP contribution < -0.4 is 20.4 Å². The Bertz CT molecular complexity index is 1070. The normalized spacial score (nSPS) is 14.4. The molecule has 180 valence electrons. The van der Waals surface area contributed by atoms with E-state index in [1.54, 1.807) is 27.0 Å². The van der Waals surface area contributed by atoms with Crippen LogP contribution in [0.15, 0.2) is 53.6 Å². The molecule has 1 aliphatic rings. The summed E-state index contributed by atoms with van der Waals surface area (Å²) >= 11 is 0. The first-order valence-corrected chi connectivity index (χ1v) is 11.6. The van der Waals surface area contributed by atoms with Gasteiger partial charge in [0, 0.05) is 32.4 Å². The number of hydrogen-bond donors (Lipinski definition) is 2. The van der Waals surface area contributed by atoms with Gasteiger partial charge < -0.3 is 20.4 Å².